The first kappa shape index (κ1) is 30.3. The van der Waals surface area contributed by atoms with Gasteiger partial charge >= 0.3 is 11.9 Å². The van der Waals surface area contributed by atoms with Crippen LogP contribution < -0.4 is 0 Å². The van der Waals surface area contributed by atoms with E-state index in [4.69, 9.17) is 23.7 Å². The fourth-order valence-electron chi connectivity index (χ4n) is 4.17. The van der Waals surface area contributed by atoms with Gasteiger partial charge in [-0.2, -0.15) is 0 Å². The van der Waals surface area contributed by atoms with Gasteiger partial charge in [-0.05, 0) is 24.6 Å². The molecule has 2 heterocycles. The van der Waals surface area contributed by atoms with E-state index in [0.29, 0.717) is 0 Å². The highest BCUT2D eigenvalue weighted by atomic mass is 16.8. The van der Waals surface area contributed by atoms with Crippen LogP contribution in [0.1, 0.15) is 25.0 Å². The van der Waals surface area contributed by atoms with E-state index in [1.807, 2.05) is 0 Å². The van der Waals surface area contributed by atoms with Crippen molar-refractivity contribution in [3.63, 3.8) is 0 Å². The average molecular weight is 557 g/mol. The Morgan fingerprint density at radius 1 is 1.10 bits per heavy atom. The van der Waals surface area contributed by atoms with Gasteiger partial charge in [-0.1, -0.05) is 12.1 Å². The number of aliphatic hydroxyl groups is 5. The van der Waals surface area contributed by atoms with E-state index in [9.17, 15) is 45.3 Å². The fraction of sp³-hybridized carbons (Fsp3) is 0.520. The fourth-order valence-corrected chi connectivity index (χ4v) is 4.17. The Bertz CT molecular complexity index is 1080. The minimum Gasteiger partial charge on any atom is -0.504 e. The summed E-state index contributed by atoms with van der Waals surface area (Å²) < 4.78 is 26.5. The first-order chi connectivity index (χ1) is 18.5. The molecular weight excluding hydrogens is 524 g/mol. The number of esters is 2. The highest BCUT2D eigenvalue weighted by Crippen LogP contribution is 2.36. The van der Waals surface area contributed by atoms with Gasteiger partial charge in [0.15, 0.2) is 17.8 Å². The maximum Gasteiger partial charge on any atom is 0.337 e. The van der Waals surface area contributed by atoms with Crippen molar-refractivity contribution in [3.8, 4) is 11.5 Å². The van der Waals surface area contributed by atoms with Crippen LogP contribution in [0.25, 0.3) is 0 Å². The zero-order valence-electron chi connectivity index (χ0n) is 21.1. The van der Waals surface area contributed by atoms with E-state index in [1.54, 1.807) is 6.92 Å². The van der Waals surface area contributed by atoms with Gasteiger partial charge in [0, 0.05) is 11.5 Å². The van der Waals surface area contributed by atoms with Gasteiger partial charge in [0.1, 0.15) is 37.1 Å². The summed E-state index contributed by atoms with van der Waals surface area (Å²) in [5, 5.41) is 69.1. The number of rotatable bonds is 9. The zero-order chi connectivity index (χ0) is 28.9. The summed E-state index contributed by atoms with van der Waals surface area (Å²) in [5.74, 6) is -3.48. The van der Waals surface area contributed by atoms with Crippen molar-refractivity contribution in [2.75, 3.05) is 20.3 Å². The summed E-state index contributed by atoms with van der Waals surface area (Å²) in [4.78, 5) is 25.1. The van der Waals surface area contributed by atoms with Crippen LogP contribution in [0.2, 0.25) is 0 Å². The van der Waals surface area contributed by atoms with E-state index in [2.05, 4.69) is 0 Å². The van der Waals surface area contributed by atoms with Crippen molar-refractivity contribution in [2.45, 2.75) is 56.4 Å². The van der Waals surface area contributed by atoms with Crippen LogP contribution in [0.5, 0.6) is 11.5 Å². The summed E-state index contributed by atoms with van der Waals surface area (Å²) >= 11 is 0. The number of allylic oxidation sites excluding steroid dienone is 1. The minimum atomic E-state index is -1.72. The van der Waals surface area contributed by atoms with Crippen LogP contribution in [0, 0.1) is 5.92 Å². The molecule has 8 atom stereocenters. The SMILES string of the molecule is CC=C1[C@H](O[C@@H]2O[C@H](CO)[C@@H](O)[C@H](O)[C@H]2O)OC=C(C(=O)OC)[C@H]1CC(=O)OC[C@H](O)c1ccc(O)c(O)c1. The second kappa shape index (κ2) is 13.2. The van der Waals surface area contributed by atoms with Crippen LogP contribution >= 0.6 is 0 Å². The first-order valence-electron chi connectivity index (χ1n) is 11.9. The lowest BCUT2D eigenvalue weighted by molar-refractivity contribution is -0.327. The Hall–Kier alpha value is -3.24. The Morgan fingerprint density at radius 3 is 2.44 bits per heavy atom. The molecule has 0 saturated carbocycles. The molecule has 0 aliphatic carbocycles. The first-order valence-corrected chi connectivity index (χ1v) is 11.9. The number of carbonyl (C=O) groups is 2. The number of aromatic hydroxyl groups is 2. The lowest BCUT2D eigenvalue weighted by Gasteiger charge is -2.41. The van der Waals surface area contributed by atoms with Crippen molar-refractivity contribution < 1.29 is 69.0 Å². The molecule has 0 radical (unpaired) electrons. The van der Waals surface area contributed by atoms with Crippen LogP contribution in [-0.4, -0.2) is 105 Å². The quantitative estimate of drug-likeness (QED) is 0.109. The standard InChI is InChI=1S/C25H32O14/c1-3-12-13(7-19(30)36-10-17(29)11-4-5-15(27)16(28)6-11)14(23(34)35-2)9-37-24(12)39-25-22(33)21(32)20(31)18(8-26)38-25/h3-6,9,13,17-18,20-22,24-29,31-33H,7-8,10H2,1-2H3/t13-,17-,18+,20+,21-,22+,24-,25-/m0/s1. The number of methoxy groups -OCH3 is 1. The molecule has 3 rings (SSSR count). The van der Waals surface area contributed by atoms with Gasteiger partial charge < -0.3 is 59.4 Å². The normalized spacial score (nSPS) is 30.7. The summed E-state index contributed by atoms with van der Waals surface area (Å²) in [5.41, 5.74) is 0.359. The van der Waals surface area contributed by atoms with E-state index in [1.165, 1.54) is 18.2 Å². The monoisotopic (exact) mass is 556 g/mol. The summed E-state index contributed by atoms with van der Waals surface area (Å²) in [7, 11) is 1.13. The van der Waals surface area contributed by atoms with Crippen molar-refractivity contribution in [3.05, 3.63) is 47.2 Å². The number of hydrogen-bond donors (Lipinski definition) is 7. The van der Waals surface area contributed by atoms with Crippen molar-refractivity contribution >= 4 is 11.9 Å². The molecule has 2 aliphatic heterocycles. The number of hydrogen-bond acceptors (Lipinski definition) is 14. The minimum absolute atomic E-state index is 0.0554. The van der Waals surface area contributed by atoms with Crippen molar-refractivity contribution in [1.29, 1.82) is 0 Å². The van der Waals surface area contributed by atoms with Crippen LogP contribution in [0.15, 0.2) is 41.7 Å². The van der Waals surface area contributed by atoms with E-state index >= 15 is 0 Å². The van der Waals surface area contributed by atoms with Gasteiger partial charge in [-0.15, -0.1) is 0 Å². The smallest absolute Gasteiger partial charge is 0.337 e. The molecule has 0 bridgehead atoms. The third-order valence-corrected chi connectivity index (χ3v) is 6.39. The predicted molar refractivity (Wildman–Crippen MR) is 127 cm³/mol. The number of benzene rings is 1. The largest absolute Gasteiger partial charge is 0.504 e. The molecular formula is C25H32O14. The Morgan fingerprint density at radius 2 is 1.82 bits per heavy atom. The lowest BCUT2D eigenvalue weighted by atomic mass is 9.86. The maximum absolute atomic E-state index is 12.7. The van der Waals surface area contributed by atoms with Gasteiger partial charge in [-0.25, -0.2) is 4.79 Å². The molecule has 216 valence electrons. The number of phenolic OH excluding ortho intramolecular Hbond substituents is 2. The molecule has 1 saturated heterocycles. The lowest BCUT2D eigenvalue weighted by Crippen LogP contribution is -2.60. The molecule has 1 fully saturated rings. The maximum atomic E-state index is 12.7. The van der Waals surface area contributed by atoms with Crippen LogP contribution in [-0.2, 0) is 33.3 Å². The topological polar surface area (TPSA) is 222 Å². The molecule has 1 aromatic rings. The number of carbonyl (C=O) groups excluding carboxylic acids is 2. The van der Waals surface area contributed by atoms with E-state index in [0.717, 1.165) is 19.4 Å². The zero-order valence-corrected chi connectivity index (χ0v) is 21.1. The van der Waals surface area contributed by atoms with Gasteiger partial charge in [0.25, 0.3) is 0 Å². The summed E-state index contributed by atoms with van der Waals surface area (Å²) in [6, 6.07) is 3.62. The Balaban J connectivity index is 1.74. The molecule has 0 amide bonds. The molecule has 1 aromatic carbocycles. The van der Waals surface area contributed by atoms with Crippen LogP contribution in [0.3, 0.4) is 0 Å². The Kier molecular flexibility index (Phi) is 10.3. The molecule has 0 spiro atoms. The molecule has 14 heteroatoms. The van der Waals surface area contributed by atoms with Crippen molar-refractivity contribution in [2.24, 2.45) is 5.92 Å². The molecule has 0 aromatic heterocycles. The summed E-state index contributed by atoms with van der Waals surface area (Å²) in [6.07, 6.45) is -8.39. The van der Waals surface area contributed by atoms with E-state index in [-0.39, 0.29) is 22.5 Å². The number of aliphatic hydroxyl groups excluding tert-OH is 5. The third kappa shape index (κ3) is 6.86. The second-order valence-electron chi connectivity index (χ2n) is 8.86. The van der Waals surface area contributed by atoms with Gasteiger partial charge in [-0.3, -0.25) is 4.79 Å². The highest BCUT2D eigenvalue weighted by Gasteiger charge is 2.46. The number of phenols is 2. The second-order valence-corrected chi connectivity index (χ2v) is 8.86. The predicted octanol–water partition coefficient (Wildman–Crippen LogP) is -1.14. The Labute approximate surface area is 222 Å². The molecule has 0 unspecified atom stereocenters. The number of ether oxygens (including phenoxy) is 5. The highest BCUT2D eigenvalue weighted by molar-refractivity contribution is 5.90. The summed E-state index contributed by atoms with van der Waals surface area (Å²) in [6.45, 7) is 0.394. The van der Waals surface area contributed by atoms with E-state index < -0.39 is 86.3 Å². The molecule has 39 heavy (non-hydrogen) atoms. The molecule has 2 aliphatic rings. The molecule has 7 N–H and O–H groups in total. The van der Waals surface area contributed by atoms with Crippen LogP contribution in [0.4, 0.5) is 0 Å². The molecule has 14 nitrogen and oxygen atoms in total. The third-order valence-electron chi connectivity index (χ3n) is 6.39. The average Bonchev–Trinajstić information content (AvgIpc) is 2.93. The van der Waals surface area contributed by atoms with Crippen molar-refractivity contribution in [1.82, 2.24) is 0 Å². The van der Waals surface area contributed by atoms with Gasteiger partial charge in [0.2, 0.25) is 6.29 Å². The van der Waals surface area contributed by atoms with Gasteiger partial charge in [0.05, 0.1) is 32.0 Å².